The molecule has 7 heteroatoms. The van der Waals surface area contributed by atoms with Crippen LogP contribution in [0.4, 0.5) is 5.69 Å². The van der Waals surface area contributed by atoms with E-state index in [9.17, 15) is 13.2 Å². The van der Waals surface area contributed by atoms with Crippen LogP contribution in [0.25, 0.3) is 0 Å². The standard InChI is InChI=1S/C17H18N2O4S/c1-3-11-18-24(21,22)16-9-7-14(8-10-16)19-17(20)13-5-4-6-15(12-13)23-2/h3-10,12,18H,1,11H2,2H3,(H,19,20). The molecule has 24 heavy (non-hydrogen) atoms. The summed E-state index contributed by atoms with van der Waals surface area (Å²) in [6.45, 7) is 3.61. The van der Waals surface area contributed by atoms with E-state index < -0.39 is 10.0 Å². The van der Waals surface area contributed by atoms with Crippen molar-refractivity contribution in [3.8, 4) is 5.75 Å². The molecule has 2 rings (SSSR count). The minimum Gasteiger partial charge on any atom is -0.497 e. The summed E-state index contributed by atoms with van der Waals surface area (Å²) in [5, 5.41) is 2.71. The summed E-state index contributed by atoms with van der Waals surface area (Å²) >= 11 is 0. The van der Waals surface area contributed by atoms with Crippen molar-refractivity contribution in [2.75, 3.05) is 19.0 Å². The topological polar surface area (TPSA) is 84.5 Å². The molecule has 0 fully saturated rings. The van der Waals surface area contributed by atoms with Crippen LogP contribution in [-0.4, -0.2) is 28.0 Å². The number of benzene rings is 2. The lowest BCUT2D eigenvalue weighted by Gasteiger charge is -2.08. The molecule has 2 aromatic rings. The van der Waals surface area contributed by atoms with E-state index in [0.29, 0.717) is 17.0 Å². The minimum absolute atomic E-state index is 0.115. The molecule has 0 atom stereocenters. The van der Waals surface area contributed by atoms with Crippen LogP contribution < -0.4 is 14.8 Å². The summed E-state index contributed by atoms with van der Waals surface area (Å²) in [5.41, 5.74) is 0.934. The van der Waals surface area contributed by atoms with Gasteiger partial charge < -0.3 is 10.1 Å². The molecule has 1 amide bonds. The van der Waals surface area contributed by atoms with E-state index in [1.54, 1.807) is 24.3 Å². The molecule has 0 aliphatic carbocycles. The van der Waals surface area contributed by atoms with Crippen molar-refractivity contribution >= 4 is 21.6 Å². The summed E-state index contributed by atoms with van der Waals surface area (Å²) < 4.78 is 31.4. The summed E-state index contributed by atoms with van der Waals surface area (Å²) in [6, 6.07) is 12.6. The molecule has 0 saturated heterocycles. The number of nitrogens with one attached hydrogen (secondary N) is 2. The van der Waals surface area contributed by atoms with Crippen molar-refractivity contribution < 1.29 is 17.9 Å². The number of ether oxygens (including phenoxy) is 1. The largest absolute Gasteiger partial charge is 0.497 e. The van der Waals surface area contributed by atoms with Crippen LogP contribution in [0.15, 0.2) is 66.1 Å². The first-order chi connectivity index (χ1) is 11.5. The first-order valence-electron chi connectivity index (χ1n) is 7.12. The Morgan fingerprint density at radius 3 is 2.54 bits per heavy atom. The van der Waals surface area contributed by atoms with Crippen molar-refractivity contribution in [2.45, 2.75) is 4.90 Å². The van der Waals surface area contributed by atoms with Gasteiger partial charge in [-0.1, -0.05) is 12.1 Å². The zero-order valence-corrected chi connectivity index (χ0v) is 14.0. The van der Waals surface area contributed by atoms with Crippen LogP contribution in [0.1, 0.15) is 10.4 Å². The van der Waals surface area contributed by atoms with Crippen molar-refractivity contribution in [2.24, 2.45) is 0 Å². The monoisotopic (exact) mass is 346 g/mol. The Kier molecular flexibility index (Phi) is 5.73. The van der Waals surface area contributed by atoms with Gasteiger partial charge in [0.15, 0.2) is 0 Å². The predicted octanol–water partition coefficient (Wildman–Crippen LogP) is 2.41. The molecule has 0 radical (unpaired) electrons. The number of hydrogen-bond acceptors (Lipinski definition) is 4. The van der Waals surface area contributed by atoms with Gasteiger partial charge in [0.1, 0.15) is 5.75 Å². The van der Waals surface area contributed by atoms with Gasteiger partial charge in [-0.2, -0.15) is 0 Å². The van der Waals surface area contributed by atoms with Crippen LogP contribution in [-0.2, 0) is 10.0 Å². The molecule has 0 aliphatic heterocycles. The molecule has 0 saturated carbocycles. The van der Waals surface area contributed by atoms with Crippen molar-refractivity contribution in [3.05, 3.63) is 66.7 Å². The lowest BCUT2D eigenvalue weighted by molar-refractivity contribution is 0.102. The Hall–Kier alpha value is -2.64. The number of hydrogen-bond donors (Lipinski definition) is 2. The Labute approximate surface area is 141 Å². The highest BCUT2D eigenvalue weighted by molar-refractivity contribution is 7.89. The lowest BCUT2D eigenvalue weighted by Crippen LogP contribution is -2.23. The number of anilines is 1. The maximum absolute atomic E-state index is 12.2. The molecule has 2 aromatic carbocycles. The SMILES string of the molecule is C=CCNS(=O)(=O)c1ccc(NC(=O)c2cccc(OC)c2)cc1. The highest BCUT2D eigenvalue weighted by Crippen LogP contribution is 2.17. The first-order valence-corrected chi connectivity index (χ1v) is 8.60. The van der Waals surface area contributed by atoms with Crippen molar-refractivity contribution in [1.29, 1.82) is 0 Å². The number of carbonyl (C=O) groups excluding carboxylic acids is 1. The van der Waals surface area contributed by atoms with Gasteiger partial charge in [0, 0.05) is 17.8 Å². The van der Waals surface area contributed by atoms with E-state index in [-0.39, 0.29) is 17.3 Å². The van der Waals surface area contributed by atoms with E-state index in [2.05, 4.69) is 16.6 Å². The van der Waals surface area contributed by atoms with Gasteiger partial charge in [0.05, 0.1) is 12.0 Å². The van der Waals surface area contributed by atoms with Crippen LogP contribution >= 0.6 is 0 Å². The summed E-state index contributed by atoms with van der Waals surface area (Å²) in [4.78, 5) is 12.3. The quantitative estimate of drug-likeness (QED) is 0.754. The average Bonchev–Trinajstić information content (AvgIpc) is 2.60. The Morgan fingerprint density at radius 2 is 1.92 bits per heavy atom. The number of rotatable bonds is 7. The van der Waals surface area contributed by atoms with E-state index in [4.69, 9.17) is 4.74 Å². The Morgan fingerprint density at radius 1 is 1.21 bits per heavy atom. The zero-order valence-electron chi connectivity index (χ0n) is 13.2. The van der Waals surface area contributed by atoms with Crippen LogP contribution in [0.5, 0.6) is 5.75 Å². The fourth-order valence-electron chi connectivity index (χ4n) is 1.94. The second-order valence-corrected chi connectivity index (χ2v) is 6.62. The fourth-order valence-corrected chi connectivity index (χ4v) is 2.94. The number of methoxy groups -OCH3 is 1. The van der Waals surface area contributed by atoms with Gasteiger partial charge in [-0.3, -0.25) is 4.79 Å². The van der Waals surface area contributed by atoms with E-state index in [0.717, 1.165) is 0 Å². The highest BCUT2D eigenvalue weighted by atomic mass is 32.2. The molecular formula is C17H18N2O4S. The Balaban J connectivity index is 2.11. The van der Waals surface area contributed by atoms with E-state index in [1.165, 1.54) is 37.5 Å². The molecule has 0 unspecified atom stereocenters. The minimum atomic E-state index is -3.58. The third-order valence-electron chi connectivity index (χ3n) is 3.17. The third kappa shape index (κ3) is 4.43. The summed E-state index contributed by atoms with van der Waals surface area (Å²) in [6.07, 6.45) is 1.46. The molecule has 0 spiro atoms. The van der Waals surface area contributed by atoms with Gasteiger partial charge in [0.2, 0.25) is 10.0 Å². The summed E-state index contributed by atoms with van der Waals surface area (Å²) in [5.74, 6) is 0.270. The number of carbonyl (C=O) groups is 1. The van der Waals surface area contributed by atoms with Crippen LogP contribution in [0.3, 0.4) is 0 Å². The zero-order chi connectivity index (χ0) is 17.6. The van der Waals surface area contributed by atoms with Gasteiger partial charge in [-0.15, -0.1) is 6.58 Å². The predicted molar refractivity (Wildman–Crippen MR) is 92.8 cm³/mol. The van der Waals surface area contributed by atoms with Crippen LogP contribution in [0.2, 0.25) is 0 Å². The van der Waals surface area contributed by atoms with E-state index in [1.807, 2.05) is 0 Å². The second kappa shape index (κ2) is 7.76. The average molecular weight is 346 g/mol. The van der Waals surface area contributed by atoms with Gasteiger partial charge >= 0.3 is 0 Å². The molecule has 0 bridgehead atoms. The maximum atomic E-state index is 12.2. The first kappa shape index (κ1) is 17.7. The highest BCUT2D eigenvalue weighted by Gasteiger charge is 2.13. The molecule has 2 N–H and O–H groups in total. The number of sulfonamides is 1. The van der Waals surface area contributed by atoms with E-state index >= 15 is 0 Å². The molecule has 0 aliphatic rings. The number of amides is 1. The smallest absolute Gasteiger partial charge is 0.255 e. The summed E-state index contributed by atoms with van der Waals surface area (Å²) in [7, 11) is -2.05. The second-order valence-electron chi connectivity index (χ2n) is 4.85. The molecule has 0 aromatic heterocycles. The normalized spacial score (nSPS) is 10.9. The molecule has 0 heterocycles. The molecule has 6 nitrogen and oxygen atoms in total. The lowest BCUT2D eigenvalue weighted by atomic mass is 10.2. The Bertz CT molecular complexity index is 830. The van der Waals surface area contributed by atoms with Crippen LogP contribution in [0, 0.1) is 0 Å². The fraction of sp³-hybridized carbons (Fsp3) is 0.118. The van der Waals surface area contributed by atoms with Gasteiger partial charge in [-0.05, 0) is 42.5 Å². The third-order valence-corrected chi connectivity index (χ3v) is 4.61. The maximum Gasteiger partial charge on any atom is 0.255 e. The van der Waals surface area contributed by atoms with Crippen molar-refractivity contribution in [3.63, 3.8) is 0 Å². The van der Waals surface area contributed by atoms with Crippen molar-refractivity contribution in [1.82, 2.24) is 4.72 Å². The molecule has 126 valence electrons. The molecular weight excluding hydrogens is 328 g/mol. The van der Waals surface area contributed by atoms with Gasteiger partial charge in [-0.25, -0.2) is 13.1 Å². The van der Waals surface area contributed by atoms with Gasteiger partial charge in [0.25, 0.3) is 5.91 Å².